The molecule has 8 nitrogen and oxygen atoms in total. The van der Waals surface area contributed by atoms with Gasteiger partial charge in [0.25, 0.3) is 0 Å². The van der Waals surface area contributed by atoms with Gasteiger partial charge in [0.1, 0.15) is 6.10 Å². The highest BCUT2D eigenvalue weighted by atomic mass is 16.5. The zero-order valence-corrected chi connectivity index (χ0v) is 14.7. The van der Waals surface area contributed by atoms with Crippen molar-refractivity contribution in [3.63, 3.8) is 0 Å². The van der Waals surface area contributed by atoms with Crippen LogP contribution in [0, 0.1) is 0 Å². The fraction of sp³-hybridized carbons (Fsp3) is 0.750. The maximum atomic E-state index is 5.50. The van der Waals surface area contributed by atoms with Gasteiger partial charge in [0.05, 0.1) is 12.6 Å². The van der Waals surface area contributed by atoms with Gasteiger partial charge in [0.15, 0.2) is 11.6 Å². The highest BCUT2D eigenvalue weighted by molar-refractivity contribution is 5.01. The average Bonchev–Trinajstić information content (AvgIpc) is 3.27. The minimum Gasteiger partial charge on any atom is -0.371 e. The lowest BCUT2D eigenvalue weighted by atomic mass is 10.2. The van der Waals surface area contributed by atoms with E-state index in [1.807, 2.05) is 27.7 Å². The van der Waals surface area contributed by atoms with Gasteiger partial charge in [-0.15, -0.1) is 0 Å². The number of nitrogens with zero attached hydrogens (tertiary/aromatic N) is 5. The van der Waals surface area contributed by atoms with Crippen molar-refractivity contribution < 1.29 is 13.8 Å². The quantitative estimate of drug-likeness (QED) is 0.762. The maximum absolute atomic E-state index is 5.50. The smallest absolute Gasteiger partial charge is 0.240 e. The van der Waals surface area contributed by atoms with Crippen LogP contribution in [0.2, 0.25) is 0 Å². The lowest BCUT2D eigenvalue weighted by Gasteiger charge is -2.19. The van der Waals surface area contributed by atoms with Gasteiger partial charge in [-0.3, -0.25) is 4.90 Å². The molecule has 24 heavy (non-hydrogen) atoms. The van der Waals surface area contributed by atoms with Crippen molar-refractivity contribution >= 4 is 0 Å². The van der Waals surface area contributed by atoms with Gasteiger partial charge in [0.2, 0.25) is 11.8 Å². The molecule has 0 aliphatic carbocycles. The zero-order valence-electron chi connectivity index (χ0n) is 14.7. The van der Waals surface area contributed by atoms with Crippen LogP contribution in [0.25, 0.3) is 0 Å². The van der Waals surface area contributed by atoms with E-state index in [0.29, 0.717) is 30.8 Å². The van der Waals surface area contributed by atoms with E-state index in [9.17, 15) is 0 Å². The molecule has 1 saturated heterocycles. The van der Waals surface area contributed by atoms with Crippen LogP contribution in [0.5, 0.6) is 0 Å². The summed E-state index contributed by atoms with van der Waals surface area (Å²) in [5.74, 6) is 2.85. The second kappa shape index (κ2) is 7.40. The first-order chi connectivity index (χ1) is 11.6. The predicted octanol–water partition coefficient (Wildman–Crippen LogP) is 3.01. The Labute approximate surface area is 141 Å². The molecule has 0 aromatic carbocycles. The Morgan fingerprint density at radius 1 is 1.21 bits per heavy atom. The van der Waals surface area contributed by atoms with Crippen molar-refractivity contribution in [1.29, 1.82) is 0 Å². The monoisotopic (exact) mass is 335 g/mol. The first kappa shape index (κ1) is 17.0. The molecule has 3 rings (SSSR count). The van der Waals surface area contributed by atoms with Crippen LogP contribution >= 0.6 is 0 Å². The summed E-state index contributed by atoms with van der Waals surface area (Å²) in [5.41, 5.74) is 0. The summed E-state index contributed by atoms with van der Waals surface area (Å²) in [6.45, 7) is 10.1. The number of rotatable bonds is 7. The molecule has 2 aromatic rings. The van der Waals surface area contributed by atoms with Crippen molar-refractivity contribution in [2.75, 3.05) is 13.2 Å². The SMILES string of the molecule is CCO[C@H](C)c1noc(CN2CCC[C@H]2c2noc(C(C)C)n2)n1. The van der Waals surface area contributed by atoms with Gasteiger partial charge in [-0.05, 0) is 33.2 Å². The van der Waals surface area contributed by atoms with Crippen molar-refractivity contribution in [1.82, 2.24) is 25.2 Å². The summed E-state index contributed by atoms with van der Waals surface area (Å²) in [4.78, 5) is 11.2. The van der Waals surface area contributed by atoms with Crippen LogP contribution in [0.1, 0.15) is 82.0 Å². The molecular weight excluding hydrogens is 310 g/mol. The molecule has 0 saturated carbocycles. The van der Waals surface area contributed by atoms with Gasteiger partial charge in [-0.25, -0.2) is 0 Å². The normalized spacial score (nSPS) is 20.1. The van der Waals surface area contributed by atoms with Crippen LogP contribution in [-0.2, 0) is 11.3 Å². The summed E-state index contributed by atoms with van der Waals surface area (Å²) in [6, 6.07) is 0.140. The van der Waals surface area contributed by atoms with Gasteiger partial charge in [-0.2, -0.15) is 9.97 Å². The first-order valence-electron chi connectivity index (χ1n) is 8.60. The summed E-state index contributed by atoms with van der Waals surface area (Å²) < 4.78 is 16.2. The first-order valence-corrected chi connectivity index (χ1v) is 8.60. The van der Waals surface area contributed by atoms with E-state index in [1.54, 1.807) is 0 Å². The molecular formula is C16H25N5O3. The summed E-state index contributed by atoms with van der Waals surface area (Å²) >= 11 is 0. The van der Waals surface area contributed by atoms with Crippen LogP contribution in [0.4, 0.5) is 0 Å². The van der Waals surface area contributed by atoms with Crippen molar-refractivity contribution in [2.24, 2.45) is 0 Å². The molecule has 1 aliphatic heterocycles. The second-order valence-electron chi connectivity index (χ2n) is 6.42. The number of likely N-dealkylation sites (tertiary alicyclic amines) is 1. The van der Waals surface area contributed by atoms with Crippen molar-refractivity contribution in [3.8, 4) is 0 Å². The predicted molar refractivity (Wildman–Crippen MR) is 85.1 cm³/mol. The Bertz CT molecular complexity index is 654. The molecule has 0 unspecified atom stereocenters. The van der Waals surface area contributed by atoms with Crippen LogP contribution in [-0.4, -0.2) is 38.3 Å². The van der Waals surface area contributed by atoms with Crippen LogP contribution in [0.15, 0.2) is 9.05 Å². The van der Waals surface area contributed by atoms with E-state index in [0.717, 1.165) is 25.2 Å². The standard InChI is InChI=1S/C16H25N5O3/c1-5-22-11(4)14-17-13(23-19-14)9-21-8-6-7-12(21)15-18-16(10(2)3)24-20-15/h10-12H,5-9H2,1-4H3/t11-,12+/m1/s1. The highest BCUT2D eigenvalue weighted by Crippen LogP contribution is 2.32. The maximum Gasteiger partial charge on any atom is 0.240 e. The molecule has 0 bridgehead atoms. The van der Waals surface area contributed by atoms with E-state index in [1.165, 1.54) is 0 Å². The third kappa shape index (κ3) is 3.64. The van der Waals surface area contributed by atoms with E-state index < -0.39 is 0 Å². The minimum absolute atomic E-state index is 0.140. The fourth-order valence-corrected chi connectivity index (χ4v) is 2.92. The van der Waals surface area contributed by atoms with Crippen molar-refractivity contribution in [2.45, 2.75) is 65.1 Å². The summed E-state index contributed by atoms with van der Waals surface area (Å²) in [5, 5.41) is 8.17. The Kier molecular flexibility index (Phi) is 5.25. The Morgan fingerprint density at radius 2 is 2.04 bits per heavy atom. The third-order valence-electron chi connectivity index (χ3n) is 4.22. The number of aromatic nitrogens is 4. The topological polar surface area (TPSA) is 90.3 Å². The molecule has 0 N–H and O–H groups in total. The Balaban J connectivity index is 1.67. The molecule has 1 aliphatic rings. The molecule has 0 spiro atoms. The lowest BCUT2D eigenvalue weighted by Crippen LogP contribution is -2.23. The highest BCUT2D eigenvalue weighted by Gasteiger charge is 2.31. The number of hydrogen-bond acceptors (Lipinski definition) is 8. The molecule has 2 atom stereocenters. The Hall–Kier alpha value is -1.80. The van der Waals surface area contributed by atoms with Crippen molar-refractivity contribution in [3.05, 3.63) is 23.4 Å². The van der Waals surface area contributed by atoms with E-state index in [-0.39, 0.29) is 18.1 Å². The van der Waals surface area contributed by atoms with Gasteiger partial charge < -0.3 is 13.8 Å². The average molecular weight is 335 g/mol. The van der Waals surface area contributed by atoms with Gasteiger partial charge in [-0.1, -0.05) is 24.2 Å². The molecule has 2 aromatic heterocycles. The third-order valence-corrected chi connectivity index (χ3v) is 4.22. The molecule has 3 heterocycles. The molecule has 0 radical (unpaired) electrons. The van der Waals surface area contributed by atoms with Gasteiger partial charge >= 0.3 is 0 Å². The zero-order chi connectivity index (χ0) is 17.1. The van der Waals surface area contributed by atoms with Crippen LogP contribution in [0.3, 0.4) is 0 Å². The lowest BCUT2D eigenvalue weighted by molar-refractivity contribution is 0.0683. The molecule has 1 fully saturated rings. The summed E-state index contributed by atoms with van der Waals surface area (Å²) in [7, 11) is 0. The van der Waals surface area contributed by atoms with E-state index >= 15 is 0 Å². The van der Waals surface area contributed by atoms with Crippen LogP contribution < -0.4 is 0 Å². The fourth-order valence-electron chi connectivity index (χ4n) is 2.92. The second-order valence-corrected chi connectivity index (χ2v) is 6.42. The minimum atomic E-state index is -0.160. The van der Waals surface area contributed by atoms with E-state index in [4.69, 9.17) is 13.8 Å². The number of hydrogen-bond donors (Lipinski definition) is 0. The molecule has 8 heteroatoms. The largest absolute Gasteiger partial charge is 0.371 e. The molecule has 132 valence electrons. The Morgan fingerprint density at radius 3 is 2.75 bits per heavy atom. The number of ether oxygens (including phenoxy) is 1. The molecule has 0 amide bonds. The van der Waals surface area contributed by atoms with E-state index in [2.05, 4.69) is 25.2 Å². The summed E-state index contributed by atoms with van der Waals surface area (Å²) in [6.07, 6.45) is 1.94. The van der Waals surface area contributed by atoms with Gasteiger partial charge in [0, 0.05) is 12.5 Å².